The van der Waals surface area contributed by atoms with E-state index in [9.17, 15) is 9.90 Å². The van der Waals surface area contributed by atoms with Crippen LogP contribution in [0.2, 0.25) is 0 Å². The van der Waals surface area contributed by atoms with E-state index in [-0.39, 0.29) is 11.3 Å². The van der Waals surface area contributed by atoms with Gasteiger partial charge in [-0.3, -0.25) is 0 Å². The first-order valence-electron chi connectivity index (χ1n) is 8.35. The summed E-state index contributed by atoms with van der Waals surface area (Å²) in [7, 11) is 4.38. The molecule has 0 aliphatic carbocycles. The second-order valence-electron chi connectivity index (χ2n) is 5.69. The molecule has 0 bridgehead atoms. The van der Waals surface area contributed by atoms with Gasteiger partial charge in [0.2, 0.25) is 0 Å². The van der Waals surface area contributed by atoms with E-state index in [0.29, 0.717) is 27.1 Å². The van der Waals surface area contributed by atoms with Gasteiger partial charge in [-0.2, -0.15) is 0 Å². The lowest BCUT2D eigenvalue weighted by Crippen LogP contribution is -2.10. The lowest BCUT2D eigenvalue weighted by Gasteiger charge is -2.08. The molecule has 2 aromatic carbocycles. The molecule has 0 saturated heterocycles. The number of benzene rings is 2. The Morgan fingerprint density at radius 2 is 1.75 bits per heavy atom. The summed E-state index contributed by atoms with van der Waals surface area (Å²) in [5, 5.41) is 11.0. The van der Waals surface area contributed by atoms with E-state index in [1.165, 1.54) is 18.9 Å². The number of aliphatic imine (C=N–C) groups is 1. The minimum absolute atomic E-state index is 0.0445. The topological polar surface area (TPSA) is 77.4 Å². The lowest BCUT2D eigenvalue weighted by atomic mass is 10.1. The van der Waals surface area contributed by atoms with Gasteiger partial charge in [0.05, 0.1) is 31.9 Å². The highest BCUT2D eigenvalue weighted by molar-refractivity contribution is 8.18. The van der Waals surface area contributed by atoms with Gasteiger partial charge in [-0.25, -0.2) is 9.79 Å². The molecule has 0 spiro atoms. The van der Waals surface area contributed by atoms with Crippen LogP contribution in [0.3, 0.4) is 0 Å². The van der Waals surface area contributed by atoms with Gasteiger partial charge in [0.1, 0.15) is 16.4 Å². The maximum absolute atomic E-state index is 12.2. The van der Waals surface area contributed by atoms with Crippen molar-refractivity contribution in [2.24, 2.45) is 4.99 Å². The van der Waals surface area contributed by atoms with Gasteiger partial charge in [-0.15, -0.1) is 0 Å². The number of ether oxygens (including phenoxy) is 3. The molecular weight excluding hydrogens is 378 g/mol. The summed E-state index contributed by atoms with van der Waals surface area (Å²) >= 11 is 1.20. The molecule has 1 heterocycles. The second kappa shape index (κ2) is 8.67. The van der Waals surface area contributed by atoms with Crippen molar-refractivity contribution in [1.82, 2.24) is 0 Å². The van der Waals surface area contributed by atoms with Crippen molar-refractivity contribution in [3.63, 3.8) is 0 Å². The van der Waals surface area contributed by atoms with E-state index in [2.05, 4.69) is 4.99 Å². The molecule has 144 valence electrons. The van der Waals surface area contributed by atoms with Crippen LogP contribution in [0.15, 0.2) is 69.8 Å². The Hall–Kier alpha value is -3.19. The molecule has 7 heteroatoms. The summed E-state index contributed by atoms with van der Waals surface area (Å²) in [6.45, 7) is 0. The number of rotatable bonds is 5. The number of aliphatic hydroxyl groups excluding tert-OH is 1. The first-order chi connectivity index (χ1) is 13.6. The quantitative estimate of drug-likeness (QED) is 0.748. The predicted octanol–water partition coefficient (Wildman–Crippen LogP) is 4.51. The third-order valence-electron chi connectivity index (χ3n) is 3.97. The molecule has 0 fully saturated rings. The Bertz CT molecular complexity index is 980. The number of methoxy groups -OCH3 is 3. The van der Waals surface area contributed by atoms with Crippen LogP contribution in [-0.4, -0.2) is 37.4 Å². The molecule has 0 saturated carbocycles. The fourth-order valence-corrected chi connectivity index (χ4v) is 3.64. The number of carbonyl (C=O) groups is 1. The van der Waals surface area contributed by atoms with Crippen LogP contribution in [-0.2, 0) is 9.53 Å². The summed E-state index contributed by atoms with van der Waals surface area (Å²) in [6.07, 6.45) is 1.75. The highest BCUT2D eigenvalue weighted by Gasteiger charge is 2.33. The summed E-state index contributed by atoms with van der Waals surface area (Å²) in [6, 6.07) is 14.6. The normalized spacial score (nSPS) is 16.5. The summed E-state index contributed by atoms with van der Waals surface area (Å²) < 4.78 is 15.4. The predicted molar refractivity (Wildman–Crippen MR) is 110 cm³/mol. The van der Waals surface area contributed by atoms with Crippen LogP contribution < -0.4 is 9.47 Å². The lowest BCUT2D eigenvalue weighted by molar-refractivity contribution is -0.135. The number of hydrogen-bond acceptors (Lipinski definition) is 7. The third kappa shape index (κ3) is 4.04. The van der Waals surface area contributed by atoms with Crippen molar-refractivity contribution in [3.05, 3.63) is 70.3 Å². The fraction of sp³-hybridized carbons (Fsp3) is 0.143. The van der Waals surface area contributed by atoms with Crippen LogP contribution in [0.5, 0.6) is 11.5 Å². The number of para-hydroxylation sites is 1. The highest BCUT2D eigenvalue weighted by atomic mass is 32.2. The first-order valence-corrected chi connectivity index (χ1v) is 9.16. The first kappa shape index (κ1) is 19.6. The van der Waals surface area contributed by atoms with Gasteiger partial charge in [-0.1, -0.05) is 36.0 Å². The number of hydrogen-bond donors (Lipinski definition) is 1. The smallest absolute Gasteiger partial charge is 0.344 e. The average Bonchev–Trinajstić information content (AvgIpc) is 3.02. The van der Waals surface area contributed by atoms with E-state index in [1.54, 1.807) is 32.4 Å². The second-order valence-corrected chi connectivity index (χ2v) is 6.72. The van der Waals surface area contributed by atoms with Crippen molar-refractivity contribution in [1.29, 1.82) is 0 Å². The van der Waals surface area contributed by atoms with E-state index < -0.39 is 5.97 Å². The van der Waals surface area contributed by atoms with E-state index in [1.807, 2.05) is 36.4 Å². The Labute approximate surface area is 167 Å². The number of carbonyl (C=O) groups excluding carboxylic acids is 1. The summed E-state index contributed by atoms with van der Waals surface area (Å²) in [4.78, 5) is 17.2. The van der Waals surface area contributed by atoms with E-state index >= 15 is 0 Å². The molecule has 2 aromatic rings. The third-order valence-corrected chi connectivity index (χ3v) is 4.99. The van der Waals surface area contributed by atoms with Crippen molar-refractivity contribution in [2.45, 2.75) is 0 Å². The number of aliphatic hydroxyl groups is 1. The molecule has 1 aliphatic heterocycles. The van der Waals surface area contributed by atoms with Gasteiger partial charge >= 0.3 is 5.97 Å². The average molecular weight is 397 g/mol. The molecule has 0 amide bonds. The molecule has 1 N–H and O–H groups in total. The Balaban J connectivity index is 2.03. The van der Waals surface area contributed by atoms with Gasteiger partial charge in [0, 0.05) is 0 Å². The van der Waals surface area contributed by atoms with Crippen LogP contribution in [0.1, 0.15) is 5.56 Å². The molecule has 6 nitrogen and oxygen atoms in total. The number of thioether (sulfide) groups is 1. The van der Waals surface area contributed by atoms with Gasteiger partial charge in [0.25, 0.3) is 0 Å². The molecular formula is C21H19NO5S. The zero-order valence-corrected chi connectivity index (χ0v) is 16.4. The van der Waals surface area contributed by atoms with E-state index in [0.717, 1.165) is 5.56 Å². The van der Waals surface area contributed by atoms with Gasteiger partial charge < -0.3 is 19.3 Å². The number of nitrogens with zero attached hydrogens (tertiary/aromatic N) is 1. The molecule has 28 heavy (non-hydrogen) atoms. The molecule has 1 aliphatic rings. The monoisotopic (exact) mass is 397 g/mol. The zero-order valence-electron chi connectivity index (χ0n) is 15.6. The fourth-order valence-electron chi connectivity index (χ4n) is 2.60. The van der Waals surface area contributed by atoms with E-state index in [4.69, 9.17) is 14.2 Å². The molecule has 0 aromatic heterocycles. The SMILES string of the molecule is COC(=O)C1=C(O)/C(=C\c2ccc(OC)c(OC)c2)SC1=Nc1ccccc1. The molecule has 0 atom stereocenters. The molecule has 0 unspecified atom stereocenters. The Morgan fingerprint density at radius 1 is 1.04 bits per heavy atom. The van der Waals surface area contributed by atoms with Crippen LogP contribution in [0.4, 0.5) is 5.69 Å². The highest BCUT2D eigenvalue weighted by Crippen LogP contribution is 2.40. The van der Waals surface area contributed by atoms with Crippen LogP contribution in [0, 0.1) is 0 Å². The van der Waals surface area contributed by atoms with Gasteiger partial charge in [-0.05, 0) is 35.9 Å². The standard InChI is InChI=1S/C21H19NO5S/c1-25-15-10-9-13(11-16(15)26-2)12-17-19(23)18(21(24)27-3)20(28-17)22-14-7-5-4-6-8-14/h4-12,23H,1-3H3/b17-12+,22-20?. The van der Waals surface area contributed by atoms with Crippen molar-refractivity contribution >= 4 is 34.5 Å². The van der Waals surface area contributed by atoms with Crippen LogP contribution >= 0.6 is 11.8 Å². The Kier molecular flexibility index (Phi) is 6.06. The maximum atomic E-state index is 12.2. The number of esters is 1. The summed E-state index contributed by atoms with van der Waals surface area (Å²) in [5.74, 6) is 0.358. The maximum Gasteiger partial charge on any atom is 0.344 e. The minimum atomic E-state index is -0.643. The van der Waals surface area contributed by atoms with Crippen molar-refractivity contribution in [3.8, 4) is 11.5 Å². The van der Waals surface area contributed by atoms with Crippen molar-refractivity contribution in [2.75, 3.05) is 21.3 Å². The Morgan fingerprint density at radius 3 is 2.39 bits per heavy atom. The van der Waals surface area contributed by atoms with Crippen LogP contribution in [0.25, 0.3) is 6.08 Å². The molecule has 0 radical (unpaired) electrons. The van der Waals surface area contributed by atoms with Gasteiger partial charge in [0.15, 0.2) is 11.5 Å². The zero-order chi connectivity index (χ0) is 20.1. The summed E-state index contributed by atoms with van der Waals surface area (Å²) in [5.41, 5.74) is 1.49. The minimum Gasteiger partial charge on any atom is -0.506 e. The molecule has 3 rings (SSSR count). The largest absolute Gasteiger partial charge is 0.506 e. The van der Waals surface area contributed by atoms with Crippen molar-refractivity contribution < 1.29 is 24.1 Å².